The monoisotopic (exact) mass is 302 g/mol. The van der Waals surface area contributed by atoms with Crippen LogP contribution >= 0.6 is 15.9 Å². The average Bonchev–Trinajstić information content (AvgIpc) is 2.39. The van der Waals surface area contributed by atoms with Crippen LogP contribution < -0.4 is 0 Å². The van der Waals surface area contributed by atoms with Gasteiger partial charge in [0.25, 0.3) is 5.91 Å². The van der Waals surface area contributed by atoms with E-state index >= 15 is 0 Å². The van der Waals surface area contributed by atoms with Crippen molar-refractivity contribution in [1.82, 2.24) is 9.88 Å². The lowest BCUT2D eigenvalue weighted by Gasteiger charge is -2.34. The van der Waals surface area contributed by atoms with Crippen molar-refractivity contribution >= 4 is 21.8 Å². The molecule has 0 bridgehead atoms. The first-order chi connectivity index (χ1) is 8.22. The molecule has 1 unspecified atom stereocenters. The average molecular weight is 303 g/mol. The van der Waals surface area contributed by atoms with Gasteiger partial charge in [-0.2, -0.15) is 0 Å². The Balaban J connectivity index is 2.15. The number of alkyl halides is 1. The molecule has 1 fully saturated rings. The summed E-state index contributed by atoms with van der Waals surface area (Å²) in [4.78, 5) is 17.7. The summed E-state index contributed by atoms with van der Waals surface area (Å²) in [6, 6.07) is 2.64. The highest BCUT2D eigenvalue weighted by atomic mass is 79.9. The predicted octanol–water partition coefficient (Wildman–Crippen LogP) is 1.46. The lowest BCUT2D eigenvalue weighted by Crippen LogP contribution is -2.49. The van der Waals surface area contributed by atoms with E-state index in [0.717, 1.165) is 6.20 Å². The Hall–Kier alpha value is -1.01. The minimum atomic E-state index is -0.444. The highest BCUT2D eigenvalue weighted by Gasteiger charge is 2.27. The smallest absolute Gasteiger partial charge is 0.272 e. The second kappa shape index (κ2) is 5.55. The molecule has 2 rings (SSSR count). The SMILES string of the molecule is O=C(c1ccc(F)cn1)N1CCOCC1CBr. The van der Waals surface area contributed by atoms with Gasteiger partial charge in [0.05, 0.1) is 25.5 Å². The fraction of sp³-hybridized carbons (Fsp3) is 0.455. The third-order valence-corrected chi connectivity index (χ3v) is 3.36. The summed E-state index contributed by atoms with van der Waals surface area (Å²) in [7, 11) is 0. The predicted molar refractivity (Wildman–Crippen MR) is 63.6 cm³/mol. The number of carbonyl (C=O) groups is 1. The van der Waals surface area contributed by atoms with Gasteiger partial charge in [0, 0.05) is 11.9 Å². The molecule has 4 nitrogen and oxygen atoms in total. The lowest BCUT2D eigenvalue weighted by molar-refractivity contribution is 0.00491. The molecule has 0 radical (unpaired) electrons. The van der Waals surface area contributed by atoms with Crippen LogP contribution in [0.3, 0.4) is 0 Å². The minimum absolute atomic E-state index is 0.00287. The van der Waals surface area contributed by atoms with E-state index in [0.29, 0.717) is 25.1 Å². The summed E-state index contributed by atoms with van der Waals surface area (Å²) in [5.74, 6) is -0.627. The molecule has 1 atom stereocenters. The number of rotatable bonds is 2. The van der Waals surface area contributed by atoms with E-state index in [1.54, 1.807) is 4.90 Å². The van der Waals surface area contributed by atoms with Gasteiger partial charge < -0.3 is 9.64 Å². The number of nitrogens with zero attached hydrogens (tertiary/aromatic N) is 2. The number of morpholine rings is 1. The van der Waals surface area contributed by atoms with Crippen molar-refractivity contribution in [3.05, 3.63) is 29.8 Å². The second-order valence-electron chi connectivity index (χ2n) is 3.74. The van der Waals surface area contributed by atoms with Crippen LogP contribution in [-0.4, -0.2) is 46.9 Å². The molecule has 1 saturated heterocycles. The van der Waals surface area contributed by atoms with Crippen LogP contribution in [0.2, 0.25) is 0 Å². The molecule has 1 amide bonds. The Labute approximate surface area is 107 Å². The molecular formula is C11H12BrFN2O2. The van der Waals surface area contributed by atoms with Crippen LogP contribution in [0.25, 0.3) is 0 Å². The van der Waals surface area contributed by atoms with Gasteiger partial charge in [-0.3, -0.25) is 4.79 Å². The van der Waals surface area contributed by atoms with Crippen LogP contribution in [-0.2, 0) is 4.74 Å². The van der Waals surface area contributed by atoms with E-state index in [4.69, 9.17) is 4.74 Å². The summed E-state index contributed by atoms with van der Waals surface area (Å²) in [5, 5.41) is 0.653. The van der Waals surface area contributed by atoms with Crippen LogP contribution in [0.5, 0.6) is 0 Å². The number of pyridine rings is 1. The molecule has 0 spiro atoms. The summed E-state index contributed by atoms with van der Waals surface area (Å²) >= 11 is 3.35. The van der Waals surface area contributed by atoms with E-state index in [1.165, 1.54) is 12.1 Å². The molecule has 1 aromatic rings. The van der Waals surface area contributed by atoms with Crippen molar-refractivity contribution in [3.63, 3.8) is 0 Å². The summed E-state index contributed by atoms with van der Waals surface area (Å²) in [6.07, 6.45) is 1.05. The Morgan fingerprint density at radius 2 is 2.47 bits per heavy atom. The number of ether oxygens (including phenoxy) is 1. The highest BCUT2D eigenvalue weighted by Crippen LogP contribution is 2.13. The first-order valence-corrected chi connectivity index (χ1v) is 6.40. The zero-order valence-corrected chi connectivity index (χ0v) is 10.7. The van der Waals surface area contributed by atoms with E-state index in [1.807, 2.05) is 0 Å². The van der Waals surface area contributed by atoms with Gasteiger partial charge in [0.1, 0.15) is 11.5 Å². The van der Waals surface area contributed by atoms with Gasteiger partial charge >= 0.3 is 0 Å². The van der Waals surface area contributed by atoms with Crippen molar-refractivity contribution in [2.45, 2.75) is 6.04 Å². The third-order valence-electron chi connectivity index (χ3n) is 2.61. The maximum absolute atomic E-state index is 12.7. The Morgan fingerprint density at radius 1 is 1.65 bits per heavy atom. The number of hydrogen-bond acceptors (Lipinski definition) is 3. The zero-order chi connectivity index (χ0) is 12.3. The number of carbonyl (C=O) groups excluding carboxylic acids is 1. The molecule has 1 aliphatic rings. The summed E-state index contributed by atoms with van der Waals surface area (Å²) in [5.41, 5.74) is 0.263. The van der Waals surface area contributed by atoms with E-state index in [2.05, 4.69) is 20.9 Å². The van der Waals surface area contributed by atoms with Crippen LogP contribution in [0, 0.1) is 5.82 Å². The van der Waals surface area contributed by atoms with Crippen molar-refractivity contribution < 1.29 is 13.9 Å². The molecule has 17 heavy (non-hydrogen) atoms. The molecule has 6 heteroatoms. The van der Waals surface area contributed by atoms with Gasteiger partial charge in [0.15, 0.2) is 0 Å². The Bertz CT molecular complexity index is 399. The molecule has 1 aromatic heterocycles. The zero-order valence-electron chi connectivity index (χ0n) is 9.10. The van der Waals surface area contributed by atoms with Crippen LogP contribution in [0.4, 0.5) is 4.39 Å². The molecule has 92 valence electrons. The first-order valence-electron chi connectivity index (χ1n) is 5.28. The summed E-state index contributed by atoms with van der Waals surface area (Å²) in [6.45, 7) is 1.57. The van der Waals surface area contributed by atoms with Crippen molar-refractivity contribution in [1.29, 1.82) is 0 Å². The fourth-order valence-electron chi connectivity index (χ4n) is 1.70. The topological polar surface area (TPSA) is 42.4 Å². The van der Waals surface area contributed by atoms with Gasteiger partial charge in [-0.05, 0) is 12.1 Å². The normalized spacial score (nSPS) is 20.4. The standard InChI is InChI=1S/C11H12BrFN2O2/c12-5-9-7-17-4-3-15(9)11(16)10-2-1-8(13)6-14-10/h1-2,6,9H,3-5,7H2. The van der Waals surface area contributed by atoms with Gasteiger partial charge in [-0.15, -0.1) is 0 Å². The molecular weight excluding hydrogens is 291 g/mol. The summed E-state index contributed by atoms with van der Waals surface area (Å²) < 4.78 is 18.0. The fourth-order valence-corrected chi connectivity index (χ4v) is 2.24. The largest absolute Gasteiger partial charge is 0.377 e. The number of amides is 1. The maximum Gasteiger partial charge on any atom is 0.272 e. The molecule has 0 saturated carbocycles. The number of hydrogen-bond donors (Lipinski definition) is 0. The second-order valence-corrected chi connectivity index (χ2v) is 4.39. The van der Waals surface area contributed by atoms with E-state index in [-0.39, 0.29) is 17.6 Å². The van der Waals surface area contributed by atoms with Gasteiger partial charge in [0.2, 0.25) is 0 Å². The quantitative estimate of drug-likeness (QED) is 0.777. The van der Waals surface area contributed by atoms with Crippen LogP contribution in [0.15, 0.2) is 18.3 Å². The molecule has 1 aliphatic heterocycles. The van der Waals surface area contributed by atoms with Crippen LogP contribution in [0.1, 0.15) is 10.5 Å². The van der Waals surface area contributed by atoms with Gasteiger partial charge in [-0.1, -0.05) is 15.9 Å². The first kappa shape index (κ1) is 12.4. The van der Waals surface area contributed by atoms with E-state index in [9.17, 15) is 9.18 Å². The molecule has 0 N–H and O–H groups in total. The Kier molecular flexibility index (Phi) is 4.06. The van der Waals surface area contributed by atoms with Crippen molar-refractivity contribution in [2.24, 2.45) is 0 Å². The van der Waals surface area contributed by atoms with Crippen molar-refractivity contribution in [2.75, 3.05) is 25.1 Å². The Morgan fingerprint density at radius 3 is 3.12 bits per heavy atom. The molecule has 0 aliphatic carbocycles. The maximum atomic E-state index is 12.7. The number of aromatic nitrogens is 1. The molecule has 2 heterocycles. The van der Waals surface area contributed by atoms with E-state index < -0.39 is 5.82 Å². The third kappa shape index (κ3) is 2.81. The van der Waals surface area contributed by atoms with Gasteiger partial charge in [-0.25, -0.2) is 9.37 Å². The minimum Gasteiger partial charge on any atom is -0.377 e. The molecule has 0 aromatic carbocycles. The van der Waals surface area contributed by atoms with Crippen molar-refractivity contribution in [3.8, 4) is 0 Å². The highest BCUT2D eigenvalue weighted by molar-refractivity contribution is 9.09. The number of halogens is 2. The lowest BCUT2D eigenvalue weighted by atomic mass is 10.2.